The molecular weight excluding hydrogens is 238 g/mol. The Hall–Kier alpha value is -0.870. The average Bonchev–Trinajstić information content (AvgIpc) is 2.98. The van der Waals surface area contributed by atoms with Gasteiger partial charge in [-0.15, -0.1) is 0 Å². The van der Waals surface area contributed by atoms with Gasteiger partial charge in [-0.25, -0.2) is 9.97 Å². The van der Waals surface area contributed by atoms with Crippen molar-refractivity contribution < 1.29 is 4.74 Å². The van der Waals surface area contributed by atoms with E-state index in [2.05, 4.69) is 29.1 Å². The molecule has 1 heterocycles. The molecule has 0 unspecified atom stereocenters. The lowest BCUT2D eigenvalue weighted by Crippen LogP contribution is -2.33. The van der Waals surface area contributed by atoms with Crippen molar-refractivity contribution in [2.45, 2.75) is 38.8 Å². The quantitative estimate of drug-likeness (QED) is 0.822. The Bertz CT molecular complexity index is 405. The molecule has 1 fully saturated rings. The third kappa shape index (κ3) is 3.30. The van der Waals surface area contributed by atoms with Crippen LogP contribution in [-0.4, -0.2) is 22.6 Å². The summed E-state index contributed by atoms with van der Waals surface area (Å²) in [5, 5.41) is 3.87. The molecule has 1 aromatic rings. The lowest BCUT2D eigenvalue weighted by molar-refractivity contribution is 0.178. The number of nitrogens with zero attached hydrogens (tertiary/aromatic N) is 2. The van der Waals surface area contributed by atoms with E-state index >= 15 is 0 Å². The standard InChI is InChI=1S/C12H18ClN3O/c1-12(2,8-4-5-8)16-10-6-9(13)14-11(15-10)7-17-3/h6,8H,4-5,7H2,1-3H3,(H,14,15,16). The Morgan fingerprint density at radius 2 is 2.18 bits per heavy atom. The zero-order valence-electron chi connectivity index (χ0n) is 10.5. The lowest BCUT2D eigenvalue weighted by atomic mass is 9.99. The largest absolute Gasteiger partial charge is 0.377 e. The van der Waals surface area contributed by atoms with E-state index in [1.54, 1.807) is 13.2 Å². The van der Waals surface area contributed by atoms with Crippen LogP contribution in [0.25, 0.3) is 0 Å². The van der Waals surface area contributed by atoms with Gasteiger partial charge in [-0.2, -0.15) is 0 Å². The number of nitrogens with one attached hydrogen (secondary N) is 1. The first-order valence-corrected chi connectivity index (χ1v) is 6.19. The molecule has 1 N–H and O–H groups in total. The third-order valence-electron chi connectivity index (χ3n) is 3.06. The van der Waals surface area contributed by atoms with Crippen LogP contribution in [-0.2, 0) is 11.3 Å². The third-order valence-corrected chi connectivity index (χ3v) is 3.26. The highest BCUT2D eigenvalue weighted by Gasteiger charge is 2.37. The molecule has 2 rings (SSSR count). The Labute approximate surface area is 107 Å². The molecule has 1 aromatic heterocycles. The predicted octanol–water partition coefficient (Wildman–Crippen LogP) is 2.88. The van der Waals surface area contributed by atoms with Gasteiger partial charge in [-0.05, 0) is 32.6 Å². The second-order valence-electron chi connectivity index (χ2n) is 5.05. The summed E-state index contributed by atoms with van der Waals surface area (Å²) in [4.78, 5) is 8.49. The highest BCUT2D eigenvalue weighted by Crippen LogP contribution is 2.40. The first kappa shape index (κ1) is 12.6. The Morgan fingerprint density at radius 1 is 1.47 bits per heavy atom. The minimum atomic E-state index is 0.0576. The number of halogens is 1. The SMILES string of the molecule is COCc1nc(Cl)cc(NC(C)(C)C2CC2)n1. The van der Waals surface area contributed by atoms with Crippen LogP contribution in [0.2, 0.25) is 5.15 Å². The van der Waals surface area contributed by atoms with Gasteiger partial charge in [0.2, 0.25) is 0 Å². The van der Waals surface area contributed by atoms with Crippen LogP contribution in [0.5, 0.6) is 0 Å². The van der Waals surface area contributed by atoms with Crippen LogP contribution in [0, 0.1) is 5.92 Å². The molecule has 1 aliphatic carbocycles. The number of aromatic nitrogens is 2. The topological polar surface area (TPSA) is 47.0 Å². The van der Waals surface area contributed by atoms with Crippen LogP contribution in [0.3, 0.4) is 0 Å². The summed E-state index contributed by atoms with van der Waals surface area (Å²) in [7, 11) is 1.62. The molecule has 0 aliphatic heterocycles. The fourth-order valence-corrected chi connectivity index (χ4v) is 2.16. The van der Waals surface area contributed by atoms with Crippen molar-refractivity contribution in [2.75, 3.05) is 12.4 Å². The van der Waals surface area contributed by atoms with Gasteiger partial charge in [0.1, 0.15) is 17.6 Å². The van der Waals surface area contributed by atoms with E-state index in [4.69, 9.17) is 16.3 Å². The predicted molar refractivity (Wildman–Crippen MR) is 68.2 cm³/mol. The zero-order chi connectivity index (χ0) is 12.5. The van der Waals surface area contributed by atoms with Crippen molar-refractivity contribution in [3.05, 3.63) is 17.0 Å². The van der Waals surface area contributed by atoms with E-state index < -0.39 is 0 Å². The van der Waals surface area contributed by atoms with E-state index in [0.717, 1.165) is 11.7 Å². The van der Waals surface area contributed by atoms with Crippen molar-refractivity contribution in [3.8, 4) is 0 Å². The van der Waals surface area contributed by atoms with Crippen molar-refractivity contribution in [1.29, 1.82) is 0 Å². The van der Waals surface area contributed by atoms with E-state index in [9.17, 15) is 0 Å². The number of anilines is 1. The number of hydrogen-bond acceptors (Lipinski definition) is 4. The van der Waals surface area contributed by atoms with Crippen molar-refractivity contribution >= 4 is 17.4 Å². The van der Waals surface area contributed by atoms with Gasteiger partial charge in [-0.3, -0.25) is 0 Å². The zero-order valence-corrected chi connectivity index (χ0v) is 11.2. The minimum Gasteiger partial charge on any atom is -0.377 e. The van der Waals surface area contributed by atoms with Crippen LogP contribution in [0.1, 0.15) is 32.5 Å². The van der Waals surface area contributed by atoms with Crippen molar-refractivity contribution in [2.24, 2.45) is 5.92 Å². The second kappa shape index (κ2) is 4.78. The van der Waals surface area contributed by atoms with Gasteiger partial charge < -0.3 is 10.1 Å². The molecule has 0 atom stereocenters. The number of ether oxygens (including phenoxy) is 1. The summed E-state index contributed by atoms with van der Waals surface area (Å²) in [5.74, 6) is 2.10. The fraction of sp³-hybridized carbons (Fsp3) is 0.667. The molecule has 0 aromatic carbocycles. The van der Waals surface area contributed by atoms with E-state index in [-0.39, 0.29) is 5.54 Å². The number of hydrogen-bond donors (Lipinski definition) is 1. The van der Waals surface area contributed by atoms with E-state index in [0.29, 0.717) is 17.6 Å². The van der Waals surface area contributed by atoms with Gasteiger partial charge in [-0.1, -0.05) is 11.6 Å². The Kier molecular flexibility index (Phi) is 3.54. The number of methoxy groups -OCH3 is 1. The maximum absolute atomic E-state index is 5.96. The molecule has 0 spiro atoms. The summed E-state index contributed by atoms with van der Waals surface area (Å²) < 4.78 is 5.02. The van der Waals surface area contributed by atoms with E-state index in [1.807, 2.05) is 0 Å². The Morgan fingerprint density at radius 3 is 2.76 bits per heavy atom. The maximum Gasteiger partial charge on any atom is 0.158 e. The molecule has 0 bridgehead atoms. The summed E-state index contributed by atoms with van der Waals surface area (Å²) in [6.07, 6.45) is 2.56. The summed E-state index contributed by atoms with van der Waals surface area (Å²) in [6.45, 7) is 4.76. The molecule has 4 nitrogen and oxygen atoms in total. The van der Waals surface area contributed by atoms with Crippen LogP contribution in [0.4, 0.5) is 5.82 Å². The Balaban J connectivity index is 2.14. The molecule has 0 radical (unpaired) electrons. The molecule has 0 saturated heterocycles. The highest BCUT2D eigenvalue weighted by molar-refractivity contribution is 6.29. The molecule has 1 saturated carbocycles. The van der Waals surface area contributed by atoms with Gasteiger partial charge >= 0.3 is 0 Å². The monoisotopic (exact) mass is 255 g/mol. The van der Waals surface area contributed by atoms with Gasteiger partial charge in [0.15, 0.2) is 5.82 Å². The van der Waals surface area contributed by atoms with Crippen molar-refractivity contribution in [3.63, 3.8) is 0 Å². The maximum atomic E-state index is 5.96. The minimum absolute atomic E-state index is 0.0576. The van der Waals surface area contributed by atoms with Gasteiger partial charge in [0, 0.05) is 18.7 Å². The highest BCUT2D eigenvalue weighted by atomic mass is 35.5. The first-order valence-electron chi connectivity index (χ1n) is 5.82. The van der Waals surface area contributed by atoms with Gasteiger partial charge in [0.25, 0.3) is 0 Å². The molecule has 0 amide bonds. The fourth-order valence-electron chi connectivity index (χ4n) is 1.96. The van der Waals surface area contributed by atoms with Crippen molar-refractivity contribution in [1.82, 2.24) is 9.97 Å². The average molecular weight is 256 g/mol. The molecule has 17 heavy (non-hydrogen) atoms. The summed E-state index contributed by atoms with van der Waals surface area (Å²) in [6, 6.07) is 1.75. The summed E-state index contributed by atoms with van der Waals surface area (Å²) in [5.41, 5.74) is 0.0576. The van der Waals surface area contributed by atoms with Gasteiger partial charge in [0.05, 0.1) is 0 Å². The second-order valence-corrected chi connectivity index (χ2v) is 5.43. The molecular formula is C12H18ClN3O. The smallest absolute Gasteiger partial charge is 0.158 e. The molecule has 5 heteroatoms. The van der Waals surface area contributed by atoms with Crippen LogP contribution in [0.15, 0.2) is 6.07 Å². The van der Waals surface area contributed by atoms with E-state index in [1.165, 1.54) is 12.8 Å². The first-order chi connectivity index (χ1) is 8.01. The molecule has 1 aliphatic rings. The summed E-state index contributed by atoms with van der Waals surface area (Å²) >= 11 is 5.96. The normalized spacial score (nSPS) is 16.0. The van der Waals surface area contributed by atoms with Crippen LogP contribution < -0.4 is 5.32 Å². The molecule has 94 valence electrons. The number of rotatable bonds is 5. The van der Waals surface area contributed by atoms with Crippen LogP contribution >= 0.6 is 11.6 Å². The lowest BCUT2D eigenvalue weighted by Gasteiger charge is -2.27.